The molecule has 0 atom stereocenters. The summed E-state index contributed by atoms with van der Waals surface area (Å²) >= 11 is 6.19. The van der Waals surface area contributed by atoms with Crippen molar-refractivity contribution in [1.82, 2.24) is 0 Å². The first-order valence-corrected chi connectivity index (χ1v) is 14.1. The molecule has 0 bridgehead atoms. The van der Waals surface area contributed by atoms with Gasteiger partial charge in [0, 0.05) is 53.6 Å². The highest BCUT2D eigenvalue weighted by Gasteiger charge is 2.29. The third kappa shape index (κ3) is 6.66. The zero-order valence-corrected chi connectivity index (χ0v) is 22.2. The molecule has 0 saturated carbocycles. The minimum atomic E-state index is 0.666. The Labute approximate surface area is 219 Å². The Kier molecular flexibility index (Phi) is 10.1. The average molecular weight is 506 g/mol. The van der Waals surface area contributed by atoms with Crippen molar-refractivity contribution in [1.29, 1.82) is 0 Å². The summed E-state index contributed by atoms with van der Waals surface area (Å²) in [5.41, 5.74) is 7.35. The molecule has 0 spiro atoms. The number of para-hydroxylation sites is 2. The SMILES string of the molecule is CCCOCCCSC(OCCCS)=C1c2ccccc2N(Cc2ccccc2)c2ccccc21. The van der Waals surface area contributed by atoms with Crippen LogP contribution in [0.25, 0.3) is 5.57 Å². The maximum Gasteiger partial charge on any atom is 0.161 e. The Morgan fingerprint density at radius 3 is 2.11 bits per heavy atom. The van der Waals surface area contributed by atoms with Crippen LogP contribution in [-0.2, 0) is 16.0 Å². The highest BCUT2D eigenvalue weighted by Crippen LogP contribution is 2.48. The molecule has 184 valence electrons. The molecule has 1 heterocycles. The van der Waals surface area contributed by atoms with E-state index in [1.807, 2.05) is 0 Å². The maximum atomic E-state index is 6.45. The van der Waals surface area contributed by atoms with Gasteiger partial charge in [-0.25, -0.2) is 0 Å². The van der Waals surface area contributed by atoms with E-state index in [0.717, 1.165) is 55.6 Å². The summed E-state index contributed by atoms with van der Waals surface area (Å²) in [6.45, 7) is 5.25. The average Bonchev–Trinajstić information content (AvgIpc) is 2.90. The van der Waals surface area contributed by atoms with Gasteiger partial charge in [0.2, 0.25) is 0 Å². The lowest BCUT2D eigenvalue weighted by atomic mass is 9.90. The monoisotopic (exact) mass is 505 g/mol. The number of hydrogen-bond donors (Lipinski definition) is 1. The lowest BCUT2D eigenvalue weighted by Crippen LogP contribution is -2.23. The second-order valence-corrected chi connectivity index (χ2v) is 10.0. The fourth-order valence-electron chi connectivity index (χ4n) is 4.26. The number of anilines is 2. The first-order chi connectivity index (χ1) is 17.3. The number of fused-ring (bicyclic) bond motifs is 2. The van der Waals surface area contributed by atoms with Gasteiger partial charge >= 0.3 is 0 Å². The molecule has 3 aromatic carbocycles. The number of thiol groups is 1. The lowest BCUT2D eigenvalue weighted by molar-refractivity contribution is 0.136. The van der Waals surface area contributed by atoms with Crippen molar-refractivity contribution in [2.45, 2.75) is 32.7 Å². The first kappa shape index (κ1) is 25.7. The Morgan fingerprint density at radius 2 is 1.46 bits per heavy atom. The molecule has 0 saturated heterocycles. The molecule has 1 aliphatic heterocycles. The van der Waals surface area contributed by atoms with Gasteiger partial charge in [-0.2, -0.15) is 12.6 Å². The van der Waals surface area contributed by atoms with Crippen LogP contribution in [0.1, 0.15) is 42.9 Å². The fraction of sp³-hybridized carbons (Fsp3) is 0.333. The number of rotatable bonds is 13. The third-order valence-corrected chi connectivity index (χ3v) is 7.26. The van der Waals surface area contributed by atoms with Crippen molar-refractivity contribution in [2.75, 3.05) is 36.2 Å². The summed E-state index contributed by atoms with van der Waals surface area (Å²) in [5.74, 6) is 1.78. The molecule has 5 heteroatoms. The highest BCUT2D eigenvalue weighted by molar-refractivity contribution is 8.03. The van der Waals surface area contributed by atoms with E-state index in [0.29, 0.717) is 6.61 Å². The highest BCUT2D eigenvalue weighted by atomic mass is 32.2. The zero-order valence-electron chi connectivity index (χ0n) is 20.5. The van der Waals surface area contributed by atoms with Gasteiger partial charge in [0.1, 0.15) is 0 Å². The third-order valence-electron chi connectivity index (χ3n) is 5.87. The van der Waals surface area contributed by atoms with E-state index in [9.17, 15) is 0 Å². The van der Waals surface area contributed by atoms with Crippen molar-refractivity contribution >= 4 is 41.3 Å². The van der Waals surface area contributed by atoms with Gasteiger partial charge in [0.15, 0.2) is 5.09 Å². The van der Waals surface area contributed by atoms with Crippen LogP contribution in [0.2, 0.25) is 0 Å². The van der Waals surface area contributed by atoms with Gasteiger partial charge in [-0.05, 0) is 42.7 Å². The summed E-state index contributed by atoms with van der Waals surface area (Å²) in [7, 11) is 0. The Morgan fingerprint density at radius 1 is 0.800 bits per heavy atom. The van der Waals surface area contributed by atoms with E-state index >= 15 is 0 Å². The number of ether oxygens (including phenoxy) is 2. The van der Waals surface area contributed by atoms with Crippen molar-refractivity contribution in [3.63, 3.8) is 0 Å². The minimum Gasteiger partial charge on any atom is -0.487 e. The molecule has 0 unspecified atom stereocenters. The van der Waals surface area contributed by atoms with Crippen LogP contribution in [0.15, 0.2) is 84.0 Å². The molecule has 4 rings (SSSR count). The van der Waals surface area contributed by atoms with Crippen LogP contribution < -0.4 is 4.90 Å². The molecular weight excluding hydrogens is 470 g/mol. The van der Waals surface area contributed by atoms with Crippen molar-refractivity contribution in [3.8, 4) is 0 Å². The van der Waals surface area contributed by atoms with Crippen LogP contribution in [0.5, 0.6) is 0 Å². The zero-order chi connectivity index (χ0) is 24.3. The molecule has 3 nitrogen and oxygen atoms in total. The molecule has 35 heavy (non-hydrogen) atoms. The smallest absolute Gasteiger partial charge is 0.161 e. The van der Waals surface area contributed by atoms with E-state index < -0.39 is 0 Å². The fourth-order valence-corrected chi connectivity index (χ4v) is 5.37. The van der Waals surface area contributed by atoms with Gasteiger partial charge in [0.25, 0.3) is 0 Å². The Balaban J connectivity index is 1.72. The minimum absolute atomic E-state index is 0.666. The predicted octanol–water partition coefficient (Wildman–Crippen LogP) is 7.94. The first-order valence-electron chi connectivity index (χ1n) is 12.5. The molecule has 0 amide bonds. The standard InChI is InChI=1S/C30H35NO2S2/c1-2-18-32-19-11-22-35-30(33-20-10-21-34)29-25-14-6-8-16-27(25)31(23-24-12-4-3-5-13-24)28-17-9-7-15-26(28)29/h3-9,12-17,34H,2,10-11,18-23H2,1H3. The molecule has 0 radical (unpaired) electrons. The normalized spacial score (nSPS) is 12.3. The van der Waals surface area contributed by atoms with Gasteiger partial charge in [0.05, 0.1) is 6.61 Å². The molecule has 0 aliphatic carbocycles. The van der Waals surface area contributed by atoms with E-state index in [4.69, 9.17) is 9.47 Å². The van der Waals surface area contributed by atoms with Crippen LogP contribution in [-0.4, -0.2) is 31.3 Å². The second kappa shape index (κ2) is 13.7. The van der Waals surface area contributed by atoms with Crippen LogP contribution >= 0.6 is 24.4 Å². The second-order valence-electron chi connectivity index (χ2n) is 8.51. The van der Waals surface area contributed by atoms with E-state index in [1.165, 1.54) is 33.6 Å². The quantitative estimate of drug-likeness (QED) is 0.145. The number of hydrogen-bond acceptors (Lipinski definition) is 5. The van der Waals surface area contributed by atoms with Gasteiger partial charge in [-0.3, -0.25) is 0 Å². The number of thioether (sulfide) groups is 1. The van der Waals surface area contributed by atoms with E-state index in [2.05, 4.69) is 103 Å². The molecular formula is C30H35NO2S2. The van der Waals surface area contributed by atoms with Crippen molar-refractivity contribution in [2.24, 2.45) is 0 Å². The topological polar surface area (TPSA) is 21.7 Å². The van der Waals surface area contributed by atoms with Gasteiger partial charge in [-0.15, -0.1) is 0 Å². The summed E-state index contributed by atoms with van der Waals surface area (Å²) in [4.78, 5) is 2.43. The molecule has 0 fully saturated rings. The summed E-state index contributed by atoms with van der Waals surface area (Å²) in [6, 6.07) is 28.1. The van der Waals surface area contributed by atoms with Crippen LogP contribution in [0.4, 0.5) is 11.4 Å². The predicted molar refractivity (Wildman–Crippen MR) is 154 cm³/mol. The molecule has 0 N–H and O–H groups in total. The molecule has 1 aliphatic rings. The number of benzene rings is 3. The maximum absolute atomic E-state index is 6.45. The summed E-state index contributed by atoms with van der Waals surface area (Å²) in [6.07, 6.45) is 2.98. The summed E-state index contributed by atoms with van der Waals surface area (Å²) in [5, 5.41) is 1.00. The molecule has 0 aromatic heterocycles. The number of nitrogens with zero attached hydrogens (tertiary/aromatic N) is 1. The Hall–Kier alpha value is -2.34. The molecule has 3 aromatic rings. The largest absolute Gasteiger partial charge is 0.487 e. The van der Waals surface area contributed by atoms with Gasteiger partial charge < -0.3 is 14.4 Å². The van der Waals surface area contributed by atoms with Crippen molar-refractivity contribution in [3.05, 3.63) is 101 Å². The summed E-state index contributed by atoms with van der Waals surface area (Å²) < 4.78 is 12.2. The van der Waals surface area contributed by atoms with Gasteiger partial charge in [-0.1, -0.05) is 85.4 Å². The van der Waals surface area contributed by atoms with E-state index in [-0.39, 0.29) is 0 Å². The van der Waals surface area contributed by atoms with Crippen LogP contribution in [0.3, 0.4) is 0 Å². The van der Waals surface area contributed by atoms with Crippen LogP contribution in [0, 0.1) is 0 Å². The Bertz CT molecular complexity index is 1050. The van der Waals surface area contributed by atoms with E-state index in [1.54, 1.807) is 11.8 Å². The van der Waals surface area contributed by atoms with Crippen molar-refractivity contribution < 1.29 is 9.47 Å². The lowest BCUT2D eigenvalue weighted by Gasteiger charge is -2.35.